The van der Waals surface area contributed by atoms with Gasteiger partial charge in [0, 0.05) is 19.2 Å². The molecule has 0 spiro atoms. The van der Waals surface area contributed by atoms with Crippen LogP contribution in [0.5, 0.6) is 0 Å². The van der Waals surface area contributed by atoms with Gasteiger partial charge in [0.05, 0.1) is 12.0 Å². The predicted octanol–water partition coefficient (Wildman–Crippen LogP) is 1.05. The highest BCUT2D eigenvalue weighted by molar-refractivity contribution is 5.77. The van der Waals surface area contributed by atoms with Crippen LogP contribution in [0.1, 0.15) is 40.5 Å². The first-order valence-electron chi connectivity index (χ1n) is 5.35. The Morgan fingerprint density at radius 2 is 1.93 bits per heavy atom. The van der Waals surface area contributed by atoms with E-state index in [4.69, 9.17) is 10.5 Å². The Morgan fingerprint density at radius 3 is 2.27 bits per heavy atom. The summed E-state index contributed by atoms with van der Waals surface area (Å²) in [6, 6.07) is 0. The maximum absolute atomic E-state index is 11.7. The first-order chi connectivity index (χ1) is 6.78. The molecule has 0 fully saturated rings. The predicted molar refractivity (Wildman–Crippen MR) is 61.6 cm³/mol. The molecule has 0 saturated heterocycles. The zero-order valence-electron chi connectivity index (χ0n) is 10.5. The number of amides is 1. The second-order valence-corrected chi connectivity index (χ2v) is 4.81. The fraction of sp³-hybridized carbons (Fsp3) is 0.909. The van der Waals surface area contributed by atoms with Crippen molar-refractivity contribution in [3.63, 3.8) is 0 Å². The van der Waals surface area contributed by atoms with E-state index in [-0.39, 0.29) is 11.4 Å². The fourth-order valence-corrected chi connectivity index (χ4v) is 1.12. The summed E-state index contributed by atoms with van der Waals surface area (Å²) in [6.07, 6.45) is 1.17. The molecule has 0 rings (SSSR count). The molecule has 3 N–H and O–H groups in total. The number of ether oxygens (including phenoxy) is 1. The van der Waals surface area contributed by atoms with Crippen molar-refractivity contribution in [1.82, 2.24) is 5.32 Å². The van der Waals surface area contributed by atoms with Crippen LogP contribution in [0, 0.1) is 0 Å². The van der Waals surface area contributed by atoms with Crippen molar-refractivity contribution in [1.29, 1.82) is 0 Å². The van der Waals surface area contributed by atoms with Gasteiger partial charge in [0.1, 0.15) is 0 Å². The van der Waals surface area contributed by atoms with E-state index in [1.54, 1.807) is 7.11 Å². The lowest BCUT2D eigenvalue weighted by molar-refractivity contribution is -0.127. The number of hydrogen-bond donors (Lipinski definition) is 2. The molecule has 0 bridgehead atoms. The van der Waals surface area contributed by atoms with Gasteiger partial charge in [-0.15, -0.1) is 0 Å². The van der Waals surface area contributed by atoms with Gasteiger partial charge in [-0.25, -0.2) is 0 Å². The van der Waals surface area contributed by atoms with Crippen molar-refractivity contribution in [3.05, 3.63) is 0 Å². The van der Waals surface area contributed by atoms with Gasteiger partial charge in [0.15, 0.2) is 0 Å². The highest BCUT2D eigenvalue weighted by Crippen LogP contribution is 2.14. The molecule has 0 aromatic heterocycles. The van der Waals surface area contributed by atoms with Gasteiger partial charge in [-0.05, 0) is 27.2 Å². The van der Waals surface area contributed by atoms with E-state index in [0.717, 1.165) is 6.42 Å². The Morgan fingerprint density at radius 1 is 1.40 bits per heavy atom. The largest absolute Gasteiger partial charge is 0.378 e. The Labute approximate surface area is 92.6 Å². The standard InChI is InChI=1S/C11H24N2O2/c1-6-11(4,8-12)13-9(14)7-10(2,3)15-5/h6-8,12H2,1-5H3,(H,13,14). The molecule has 0 aliphatic rings. The van der Waals surface area contributed by atoms with E-state index in [1.165, 1.54) is 0 Å². The fourth-order valence-electron chi connectivity index (χ4n) is 1.12. The molecule has 90 valence electrons. The number of hydrogen-bond acceptors (Lipinski definition) is 3. The Hall–Kier alpha value is -0.610. The highest BCUT2D eigenvalue weighted by atomic mass is 16.5. The zero-order chi connectivity index (χ0) is 12.1. The minimum atomic E-state index is -0.423. The summed E-state index contributed by atoms with van der Waals surface area (Å²) in [6.45, 7) is 8.18. The van der Waals surface area contributed by atoms with Crippen LogP contribution in [0.3, 0.4) is 0 Å². The monoisotopic (exact) mass is 216 g/mol. The minimum absolute atomic E-state index is 0.0170. The maximum atomic E-state index is 11.7. The first kappa shape index (κ1) is 14.4. The molecule has 0 radical (unpaired) electrons. The first-order valence-corrected chi connectivity index (χ1v) is 5.35. The molecule has 1 atom stereocenters. The summed E-state index contributed by atoms with van der Waals surface area (Å²) in [7, 11) is 1.61. The van der Waals surface area contributed by atoms with E-state index >= 15 is 0 Å². The summed E-state index contributed by atoms with van der Waals surface area (Å²) in [5.41, 5.74) is 4.89. The highest BCUT2D eigenvalue weighted by Gasteiger charge is 2.26. The topological polar surface area (TPSA) is 64.3 Å². The third-order valence-corrected chi connectivity index (χ3v) is 2.81. The van der Waals surface area contributed by atoms with Crippen LogP contribution >= 0.6 is 0 Å². The summed E-state index contributed by atoms with van der Waals surface area (Å²) in [4.78, 5) is 11.7. The van der Waals surface area contributed by atoms with Crippen LogP contribution in [0.2, 0.25) is 0 Å². The van der Waals surface area contributed by atoms with Gasteiger partial charge < -0.3 is 15.8 Å². The molecule has 1 unspecified atom stereocenters. The molecule has 0 aromatic carbocycles. The molecule has 1 amide bonds. The van der Waals surface area contributed by atoms with Gasteiger partial charge in [0.2, 0.25) is 5.91 Å². The van der Waals surface area contributed by atoms with Crippen molar-refractivity contribution in [2.75, 3.05) is 13.7 Å². The van der Waals surface area contributed by atoms with E-state index < -0.39 is 5.60 Å². The summed E-state index contributed by atoms with van der Waals surface area (Å²) in [5.74, 6) is -0.0170. The third-order valence-electron chi connectivity index (χ3n) is 2.81. The molecule has 0 aliphatic carbocycles. The molecular formula is C11H24N2O2. The van der Waals surface area contributed by atoms with Crippen LogP contribution in [0.4, 0.5) is 0 Å². The summed E-state index contributed by atoms with van der Waals surface area (Å²) >= 11 is 0. The van der Waals surface area contributed by atoms with Gasteiger partial charge in [-0.2, -0.15) is 0 Å². The molecule has 15 heavy (non-hydrogen) atoms. The summed E-state index contributed by atoms with van der Waals surface area (Å²) in [5, 5.41) is 2.94. The molecular weight excluding hydrogens is 192 g/mol. The van der Waals surface area contributed by atoms with Gasteiger partial charge in [0.25, 0.3) is 0 Å². The van der Waals surface area contributed by atoms with E-state index in [1.807, 2.05) is 27.7 Å². The van der Waals surface area contributed by atoms with Gasteiger partial charge in [-0.1, -0.05) is 6.92 Å². The van der Waals surface area contributed by atoms with Crippen LogP contribution in [-0.2, 0) is 9.53 Å². The minimum Gasteiger partial charge on any atom is -0.378 e. The average molecular weight is 216 g/mol. The lowest BCUT2D eigenvalue weighted by Gasteiger charge is -2.30. The zero-order valence-corrected chi connectivity index (χ0v) is 10.5. The summed E-state index contributed by atoms with van der Waals surface area (Å²) < 4.78 is 5.20. The molecule has 0 aromatic rings. The average Bonchev–Trinajstić information content (AvgIpc) is 2.16. The number of rotatable bonds is 6. The number of carbonyl (C=O) groups is 1. The molecule has 4 nitrogen and oxygen atoms in total. The van der Waals surface area contributed by atoms with E-state index in [9.17, 15) is 4.79 Å². The van der Waals surface area contributed by atoms with Crippen molar-refractivity contribution in [3.8, 4) is 0 Å². The van der Waals surface area contributed by atoms with E-state index in [2.05, 4.69) is 5.32 Å². The Kier molecular flexibility index (Phi) is 5.24. The number of nitrogens with two attached hydrogens (primary N) is 1. The SMILES string of the molecule is CCC(C)(CN)NC(=O)CC(C)(C)OC. The second kappa shape index (κ2) is 5.47. The van der Waals surface area contributed by atoms with Gasteiger partial charge >= 0.3 is 0 Å². The second-order valence-electron chi connectivity index (χ2n) is 4.81. The third kappa shape index (κ3) is 5.14. The van der Waals surface area contributed by atoms with E-state index in [0.29, 0.717) is 13.0 Å². The molecule has 4 heteroatoms. The number of carbonyl (C=O) groups excluding carboxylic acids is 1. The normalized spacial score (nSPS) is 15.9. The lowest BCUT2D eigenvalue weighted by atomic mass is 9.97. The van der Waals surface area contributed by atoms with Crippen LogP contribution in [-0.4, -0.2) is 30.7 Å². The van der Waals surface area contributed by atoms with Crippen LogP contribution < -0.4 is 11.1 Å². The Bertz CT molecular complexity index is 211. The van der Waals surface area contributed by atoms with Crippen LogP contribution in [0.25, 0.3) is 0 Å². The molecule has 0 saturated carbocycles. The van der Waals surface area contributed by atoms with Gasteiger partial charge in [-0.3, -0.25) is 4.79 Å². The van der Waals surface area contributed by atoms with Crippen molar-refractivity contribution < 1.29 is 9.53 Å². The molecule has 0 heterocycles. The maximum Gasteiger partial charge on any atom is 0.223 e. The molecule has 0 aliphatic heterocycles. The number of nitrogens with one attached hydrogen (secondary N) is 1. The van der Waals surface area contributed by atoms with Crippen molar-refractivity contribution in [2.45, 2.75) is 51.7 Å². The van der Waals surface area contributed by atoms with Crippen molar-refractivity contribution >= 4 is 5.91 Å². The quantitative estimate of drug-likeness (QED) is 0.697. The smallest absolute Gasteiger partial charge is 0.223 e. The Balaban J connectivity index is 4.26. The number of methoxy groups -OCH3 is 1. The van der Waals surface area contributed by atoms with Crippen molar-refractivity contribution in [2.24, 2.45) is 5.73 Å². The van der Waals surface area contributed by atoms with Crippen LogP contribution in [0.15, 0.2) is 0 Å². The lowest BCUT2D eigenvalue weighted by Crippen LogP contribution is -2.52.